The molecule has 2 N–H and O–H groups in total. The SMILES string of the molecule is CCCCCCCCCCCc1ccc(C=C2N=C(c3ccc[nH]3)C=C2OC(C)C)[nH]1. The third kappa shape index (κ3) is 7.61. The van der Waals surface area contributed by atoms with Gasteiger partial charge in [-0.3, -0.25) is 0 Å². The van der Waals surface area contributed by atoms with Gasteiger partial charge in [0.1, 0.15) is 11.5 Å². The molecular formula is C27H39N3O. The third-order valence-corrected chi connectivity index (χ3v) is 5.61. The van der Waals surface area contributed by atoms with Crippen LogP contribution in [0, 0.1) is 0 Å². The number of aliphatic imine (C=N–C) groups is 1. The fourth-order valence-corrected chi connectivity index (χ4v) is 3.96. The predicted octanol–water partition coefficient (Wildman–Crippen LogP) is 7.57. The summed E-state index contributed by atoms with van der Waals surface area (Å²) in [6.07, 6.45) is 19.5. The number of nitrogens with zero attached hydrogens (tertiary/aromatic N) is 1. The van der Waals surface area contributed by atoms with Gasteiger partial charge < -0.3 is 14.7 Å². The van der Waals surface area contributed by atoms with Crippen molar-refractivity contribution in [3.05, 3.63) is 65.1 Å². The van der Waals surface area contributed by atoms with Crippen molar-refractivity contribution in [1.29, 1.82) is 0 Å². The number of aryl methyl sites for hydroxylation is 1. The Morgan fingerprint density at radius 2 is 1.71 bits per heavy atom. The smallest absolute Gasteiger partial charge is 0.147 e. The van der Waals surface area contributed by atoms with E-state index in [1.54, 1.807) is 0 Å². The van der Waals surface area contributed by atoms with Gasteiger partial charge in [0.2, 0.25) is 0 Å². The molecule has 0 saturated carbocycles. The zero-order valence-electron chi connectivity index (χ0n) is 19.5. The predicted molar refractivity (Wildman–Crippen MR) is 131 cm³/mol. The number of H-pyrrole nitrogens is 2. The van der Waals surface area contributed by atoms with Crippen molar-refractivity contribution in [2.24, 2.45) is 4.99 Å². The van der Waals surface area contributed by atoms with Crippen LogP contribution in [0.2, 0.25) is 0 Å². The molecule has 0 radical (unpaired) electrons. The lowest BCUT2D eigenvalue weighted by Crippen LogP contribution is -2.02. The molecule has 168 valence electrons. The van der Waals surface area contributed by atoms with Gasteiger partial charge in [0.25, 0.3) is 0 Å². The molecule has 0 aromatic carbocycles. The standard InChI is InChI=1S/C27H39N3O/c1-4-5-6-7-8-9-10-11-12-14-22-16-17-23(29-22)19-26-27(31-21(2)3)20-25(30-26)24-15-13-18-28-24/h13,15-21,28-29H,4-12,14H2,1-3H3. The minimum absolute atomic E-state index is 0.110. The average Bonchev–Trinajstić information content (AvgIpc) is 3.49. The summed E-state index contributed by atoms with van der Waals surface area (Å²) < 4.78 is 6.01. The van der Waals surface area contributed by atoms with Crippen LogP contribution in [0.25, 0.3) is 6.08 Å². The summed E-state index contributed by atoms with van der Waals surface area (Å²) in [6.45, 7) is 6.37. The molecule has 1 aliphatic rings. The Hall–Kier alpha value is -2.49. The first kappa shape index (κ1) is 23.2. The highest BCUT2D eigenvalue weighted by Crippen LogP contribution is 2.26. The van der Waals surface area contributed by atoms with Crippen LogP contribution in [0.4, 0.5) is 0 Å². The highest BCUT2D eigenvalue weighted by atomic mass is 16.5. The summed E-state index contributed by atoms with van der Waals surface area (Å²) in [5.41, 5.74) is 5.17. The molecule has 0 spiro atoms. The van der Waals surface area contributed by atoms with E-state index < -0.39 is 0 Å². The van der Waals surface area contributed by atoms with Crippen LogP contribution in [0.3, 0.4) is 0 Å². The Labute approximate surface area is 187 Å². The summed E-state index contributed by atoms with van der Waals surface area (Å²) in [4.78, 5) is 11.6. The largest absolute Gasteiger partial charge is 0.489 e. The van der Waals surface area contributed by atoms with Crippen molar-refractivity contribution in [1.82, 2.24) is 9.97 Å². The third-order valence-electron chi connectivity index (χ3n) is 5.61. The van der Waals surface area contributed by atoms with Gasteiger partial charge in [-0.15, -0.1) is 0 Å². The lowest BCUT2D eigenvalue weighted by molar-refractivity contribution is 0.155. The van der Waals surface area contributed by atoms with Crippen molar-refractivity contribution < 1.29 is 4.74 Å². The van der Waals surface area contributed by atoms with Gasteiger partial charge in [0.05, 0.1) is 17.5 Å². The van der Waals surface area contributed by atoms with Crippen LogP contribution >= 0.6 is 0 Å². The Balaban J connectivity index is 1.50. The topological polar surface area (TPSA) is 53.2 Å². The zero-order chi connectivity index (χ0) is 21.9. The average molecular weight is 422 g/mol. The van der Waals surface area contributed by atoms with E-state index >= 15 is 0 Å². The first-order valence-electron chi connectivity index (χ1n) is 12.2. The van der Waals surface area contributed by atoms with E-state index in [2.05, 4.69) is 35.1 Å². The number of aromatic amines is 2. The number of rotatable bonds is 14. The number of ether oxygens (including phenoxy) is 1. The number of nitrogens with one attached hydrogen (secondary N) is 2. The van der Waals surface area contributed by atoms with Crippen LogP contribution in [0.1, 0.15) is 95.6 Å². The molecule has 0 unspecified atom stereocenters. The molecule has 4 nitrogen and oxygen atoms in total. The molecule has 4 heteroatoms. The van der Waals surface area contributed by atoms with Crippen molar-refractivity contribution in [2.75, 3.05) is 0 Å². The summed E-state index contributed by atoms with van der Waals surface area (Å²) in [6, 6.07) is 8.36. The van der Waals surface area contributed by atoms with Crippen LogP contribution in [-0.2, 0) is 11.2 Å². The second-order valence-corrected chi connectivity index (χ2v) is 8.80. The number of allylic oxidation sites excluding steroid dienone is 1. The van der Waals surface area contributed by atoms with E-state index in [4.69, 9.17) is 9.73 Å². The molecule has 2 aromatic heterocycles. The number of hydrogen-bond acceptors (Lipinski definition) is 2. The van der Waals surface area contributed by atoms with E-state index in [0.717, 1.165) is 35.0 Å². The molecule has 0 fully saturated rings. The van der Waals surface area contributed by atoms with Crippen molar-refractivity contribution >= 4 is 11.8 Å². The van der Waals surface area contributed by atoms with Gasteiger partial charge in [0.15, 0.2) is 0 Å². The Bertz CT molecular complexity index is 868. The fourth-order valence-electron chi connectivity index (χ4n) is 3.96. The van der Waals surface area contributed by atoms with Crippen LogP contribution in [0.15, 0.2) is 53.0 Å². The van der Waals surface area contributed by atoms with E-state index in [0.29, 0.717) is 0 Å². The molecule has 1 aliphatic heterocycles. The molecule has 0 amide bonds. The van der Waals surface area contributed by atoms with Gasteiger partial charge in [-0.05, 0) is 57.0 Å². The van der Waals surface area contributed by atoms with Crippen LogP contribution < -0.4 is 0 Å². The Morgan fingerprint density at radius 3 is 2.39 bits per heavy atom. The molecule has 0 atom stereocenters. The van der Waals surface area contributed by atoms with E-state index in [1.807, 2.05) is 38.3 Å². The Kier molecular flexibility index (Phi) is 9.26. The van der Waals surface area contributed by atoms with Gasteiger partial charge in [-0.2, -0.15) is 0 Å². The molecule has 3 heterocycles. The normalized spacial score (nSPS) is 15.0. The quantitative estimate of drug-likeness (QED) is 0.304. The van der Waals surface area contributed by atoms with Crippen molar-refractivity contribution in [2.45, 2.75) is 91.1 Å². The van der Waals surface area contributed by atoms with Gasteiger partial charge in [-0.25, -0.2) is 4.99 Å². The van der Waals surface area contributed by atoms with Gasteiger partial charge >= 0.3 is 0 Å². The monoisotopic (exact) mass is 421 g/mol. The lowest BCUT2D eigenvalue weighted by Gasteiger charge is -2.10. The minimum Gasteiger partial charge on any atom is -0.489 e. The summed E-state index contributed by atoms with van der Waals surface area (Å²) in [5, 5.41) is 0. The van der Waals surface area contributed by atoms with Gasteiger partial charge in [0, 0.05) is 23.7 Å². The maximum Gasteiger partial charge on any atom is 0.147 e. The van der Waals surface area contributed by atoms with E-state index in [9.17, 15) is 0 Å². The van der Waals surface area contributed by atoms with Gasteiger partial charge in [-0.1, -0.05) is 58.3 Å². The lowest BCUT2D eigenvalue weighted by atomic mass is 10.1. The Morgan fingerprint density at radius 1 is 0.968 bits per heavy atom. The second-order valence-electron chi connectivity index (χ2n) is 8.80. The van der Waals surface area contributed by atoms with Crippen LogP contribution in [0.5, 0.6) is 0 Å². The zero-order valence-corrected chi connectivity index (χ0v) is 19.5. The fraction of sp³-hybridized carbons (Fsp3) is 0.519. The summed E-state index contributed by atoms with van der Waals surface area (Å²) in [5.74, 6) is 0.828. The van der Waals surface area contributed by atoms with Crippen molar-refractivity contribution in [3.63, 3.8) is 0 Å². The number of hydrogen-bond donors (Lipinski definition) is 2. The number of aromatic nitrogens is 2. The van der Waals surface area contributed by atoms with Crippen LogP contribution in [-0.4, -0.2) is 21.8 Å². The molecule has 3 rings (SSSR count). The van der Waals surface area contributed by atoms with E-state index in [-0.39, 0.29) is 6.10 Å². The highest BCUT2D eigenvalue weighted by Gasteiger charge is 2.19. The molecule has 2 aromatic rings. The van der Waals surface area contributed by atoms with E-state index in [1.165, 1.54) is 63.5 Å². The maximum absolute atomic E-state index is 6.01. The summed E-state index contributed by atoms with van der Waals surface area (Å²) in [7, 11) is 0. The molecule has 0 bridgehead atoms. The number of unbranched alkanes of at least 4 members (excludes halogenated alkanes) is 8. The first-order chi connectivity index (χ1) is 15.2. The highest BCUT2D eigenvalue weighted by molar-refractivity contribution is 6.11. The minimum atomic E-state index is 0.110. The molecule has 0 saturated heterocycles. The first-order valence-corrected chi connectivity index (χ1v) is 12.2. The molecule has 31 heavy (non-hydrogen) atoms. The maximum atomic E-state index is 6.01. The summed E-state index contributed by atoms with van der Waals surface area (Å²) >= 11 is 0. The van der Waals surface area contributed by atoms with Crippen molar-refractivity contribution in [3.8, 4) is 0 Å². The second kappa shape index (κ2) is 12.4. The molecule has 0 aliphatic carbocycles. The molecular weight excluding hydrogens is 382 g/mol.